The van der Waals surface area contributed by atoms with E-state index in [4.69, 9.17) is 0 Å². The van der Waals surface area contributed by atoms with Crippen LogP contribution in [-0.4, -0.2) is 66.9 Å². The van der Waals surface area contributed by atoms with E-state index in [1.54, 1.807) is 11.3 Å². The molecule has 1 aliphatic rings. The van der Waals surface area contributed by atoms with Gasteiger partial charge in [0.25, 0.3) is 0 Å². The number of carbonyl (C=O) groups is 3. The minimum Gasteiger partial charge on any atom is -0.340 e. The van der Waals surface area contributed by atoms with E-state index in [1.165, 1.54) is 4.88 Å². The zero-order valence-corrected chi connectivity index (χ0v) is 18.0. The molecule has 1 aromatic heterocycles. The zero-order chi connectivity index (χ0) is 21.3. The van der Waals surface area contributed by atoms with Gasteiger partial charge in [-0.2, -0.15) is 0 Å². The van der Waals surface area contributed by atoms with Crippen LogP contribution in [0.25, 0.3) is 0 Å². The molecule has 7 nitrogen and oxygen atoms in total. The molecular formula is C22H28N4O3S. The molecule has 30 heavy (non-hydrogen) atoms. The highest BCUT2D eigenvalue weighted by Gasteiger charge is 2.23. The largest absolute Gasteiger partial charge is 0.340 e. The number of nitrogens with one attached hydrogen (secondary N) is 2. The molecule has 2 aromatic rings. The van der Waals surface area contributed by atoms with Crippen LogP contribution in [0.5, 0.6) is 0 Å². The molecule has 2 N–H and O–H groups in total. The molecule has 0 spiro atoms. The Morgan fingerprint density at radius 3 is 2.50 bits per heavy atom. The normalized spacial score (nSPS) is 14.4. The van der Waals surface area contributed by atoms with Crippen LogP contribution in [0.2, 0.25) is 0 Å². The molecule has 0 aliphatic carbocycles. The van der Waals surface area contributed by atoms with E-state index in [0.29, 0.717) is 39.1 Å². The molecule has 0 unspecified atom stereocenters. The number of hydrogen-bond donors (Lipinski definition) is 2. The minimum absolute atomic E-state index is 0.110. The lowest BCUT2D eigenvalue weighted by Crippen LogP contribution is -2.52. The first-order valence-electron chi connectivity index (χ1n) is 10.2. The Hall–Kier alpha value is -2.71. The monoisotopic (exact) mass is 428 g/mol. The third kappa shape index (κ3) is 6.67. The van der Waals surface area contributed by atoms with Crippen LogP contribution >= 0.6 is 11.3 Å². The number of hydrogen-bond acceptors (Lipinski definition) is 5. The summed E-state index contributed by atoms with van der Waals surface area (Å²) < 4.78 is 0. The van der Waals surface area contributed by atoms with Gasteiger partial charge in [-0.1, -0.05) is 30.3 Å². The molecule has 160 valence electrons. The Kier molecular flexibility index (Phi) is 7.98. The van der Waals surface area contributed by atoms with Gasteiger partial charge in [0.2, 0.25) is 11.8 Å². The SMILES string of the molecule is Cc1ccccc1CC(=O)N1CCN(CC(=O)NC(=O)NCCc2cccs2)CC1. The molecule has 1 aliphatic heterocycles. The number of piperazine rings is 1. The van der Waals surface area contributed by atoms with Gasteiger partial charge in [0.1, 0.15) is 0 Å². The minimum atomic E-state index is -0.469. The summed E-state index contributed by atoms with van der Waals surface area (Å²) in [7, 11) is 0. The summed E-state index contributed by atoms with van der Waals surface area (Å²) in [6, 6.07) is 11.4. The van der Waals surface area contributed by atoms with Crippen LogP contribution < -0.4 is 10.6 Å². The fourth-order valence-corrected chi connectivity index (χ4v) is 4.12. The smallest absolute Gasteiger partial charge is 0.321 e. The number of urea groups is 1. The first-order chi connectivity index (χ1) is 14.5. The van der Waals surface area contributed by atoms with Crippen LogP contribution in [0.4, 0.5) is 4.79 Å². The number of rotatable bonds is 7. The van der Waals surface area contributed by atoms with E-state index in [2.05, 4.69) is 10.6 Å². The first kappa shape index (κ1) is 22.0. The van der Waals surface area contributed by atoms with Crippen molar-refractivity contribution in [2.45, 2.75) is 19.8 Å². The second-order valence-electron chi connectivity index (χ2n) is 7.39. The van der Waals surface area contributed by atoms with Gasteiger partial charge in [-0.15, -0.1) is 11.3 Å². The van der Waals surface area contributed by atoms with Gasteiger partial charge >= 0.3 is 6.03 Å². The van der Waals surface area contributed by atoms with E-state index in [-0.39, 0.29) is 18.4 Å². The maximum Gasteiger partial charge on any atom is 0.321 e. The molecule has 0 saturated carbocycles. The average Bonchev–Trinajstić information content (AvgIpc) is 3.23. The topological polar surface area (TPSA) is 81.8 Å². The molecule has 1 saturated heterocycles. The van der Waals surface area contributed by atoms with E-state index in [9.17, 15) is 14.4 Å². The van der Waals surface area contributed by atoms with Crippen molar-refractivity contribution in [3.8, 4) is 0 Å². The van der Waals surface area contributed by atoms with Gasteiger partial charge in [0, 0.05) is 37.6 Å². The number of thiophene rings is 1. The van der Waals surface area contributed by atoms with Crippen LogP contribution in [0, 0.1) is 6.92 Å². The Bertz CT molecular complexity index is 861. The number of amides is 4. The van der Waals surface area contributed by atoms with Gasteiger partial charge in [-0.25, -0.2) is 4.79 Å². The average molecular weight is 429 g/mol. The van der Waals surface area contributed by atoms with Gasteiger partial charge in [0.15, 0.2) is 0 Å². The molecule has 0 radical (unpaired) electrons. The molecule has 3 rings (SSSR count). The number of aryl methyl sites for hydroxylation is 1. The molecule has 8 heteroatoms. The maximum absolute atomic E-state index is 12.6. The molecule has 2 heterocycles. The first-order valence-corrected chi connectivity index (χ1v) is 11.0. The lowest BCUT2D eigenvalue weighted by Gasteiger charge is -2.34. The number of nitrogens with zero attached hydrogens (tertiary/aromatic N) is 2. The zero-order valence-electron chi connectivity index (χ0n) is 17.2. The van der Waals surface area contributed by atoms with E-state index in [0.717, 1.165) is 17.5 Å². The van der Waals surface area contributed by atoms with Gasteiger partial charge < -0.3 is 10.2 Å². The summed E-state index contributed by atoms with van der Waals surface area (Å²) in [5, 5.41) is 7.07. The predicted octanol–water partition coefficient (Wildman–Crippen LogP) is 1.81. The predicted molar refractivity (Wildman–Crippen MR) is 117 cm³/mol. The van der Waals surface area contributed by atoms with Gasteiger partial charge in [0.05, 0.1) is 13.0 Å². The molecule has 4 amide bonds. The summed E-state index contributed by atoms with van der Waals surface area (Å²) in [6.07, 6.45) is 1.15. The second-order valence-corrected chi connectivity index (χ2v) is 8.43. The van der Waals surface area contributed by atoms with Crippen molar-refractivity contribution in [2.24, 2.45) is 0 Å². The molecule has 1 fully saturated rings. The Balaban J connectivity index is 1.33. The van der Waals surface area contributed by atoms with Crippen molar-refractivity contribution in [3.05, 3.63) is 57.8 Å². The summed E-state index contributed by atoms with van der Waals surface area (Å²) in [5.74, 6) is -0.221. The quantitative estimate of drug-likeness (QED) is 0.705. The van der Waals surface area contributed by atoms with Crippen LogP contribution in [-0.2, 0) is 22.4 Å². The molecule has 1 aromatic carbocycles. The lowest BCUT2D eigenvalue weighted by atomic mass is 10.1. The van der Waals surface area contributed by atoms with E-state index in [1.807, 2.05) is 58.5 Å². The fourth-order valence-electron chi connectivity index (χ4n) is 3.41. The van der Waals surface area contributed by atoms with Gasteiger partial charge in [-0.05, 0) is 35.9 Å². The maximum atomic E-state index is 12.6. The Morgan fingerprint density at radius 2 is 1.80 bits per heavy atom. The number of imide groups is 1. The van der Waals surface area contributed by atoms with Gasteiger partial charge in [-0.3, -0.25) is 19.8 Å². The fraction of sp³-hybridized carbons (Fsp3) is 0.409. The highest BCUT2D eigenvalue weighted by molar-refractivity contribution is 7.09. The second kappa shape index (κ2) is 10.9. The van der Waals surface area contributed by atoms with Crippen molar-refractivity contribution < 1.29 is 14.4 Å². The Morgan fingerprint density at radius 1 is 1.03 bits per heavy atom. The lowest BCUT2D eigenvalue weighted by molar-refractivity contribution is -0.132. The molecular weight excluding hydrogens is 400 g/mol. The van der Waals surface area contributed by atoms with Crippen molar-refractivity contribution >= 4 is 29.2 Å². The van der Waals surface area contributed by atoms with E-state index >= 15 is 0 Å². The summed E-state index contributed by atoms with van der Waals surface area (Å²) >= 11 is 1.64. The van der Waals surface area contributed by atoms with Crippen LogP contribution in [0.1, 0.15) is 16.0 Å². The highest BCUT2D eigenvalue weighted by Crippen LogP contribution is 2.11. The summed E-state index contributed by atoms with van der Waals surface area (Å²) in [6.45, 7) is 5.06. The van der Waals surface area contributed by atoms with Crippen molar-refractivity contribution in [1.29, 1.82) is 0 Å². The summed E-state index contributed by atoms with van der Waals surface area (Å²) in [4.78, 5) is 41.5. The molecule has 0 atom stereocenters. The summed E-state index contributed by atoms with van der Waals surface area (Å²) in [5.41, 5.74) is 2.17. The standard InChI is InChI=1S/C22H28N4O3S/c1-17-5-2-3-6-18(17)15-21(28)26-12-10-25(11-13-26)16-20(27)24-22(29)23-9-8-19-7-4-14-30-19/h2-7,14H,8-13,15-16H2,1H3,(H2,23,24,27,29). The number of benzene rings is 1. The Labute approximate surface area is 181 Å². The van der Waals surface area contributed by atoms with Crippen molar-refractivity contribution in [3.63, 3.8) is 0 Å². The van der Waals surface area contributed by atoms with Crippen LogP contribution in [0.15, 0.2) is 41.8 Å². The highest BCUT2D eigenvalue weighted by atomic mass is 32.1. The third-order valence-electron chi connectivity index (χ3n) is 5.19. The van der Waals surface area contributed by atoms with Crippen molar-refractivity contribution in [2.75, 3.05) is 39.3 Å². The molecule has 0 bridgehead atoms. The number of carbonyl (C=O) groups excluding carboxylic acids is 3. The van der Waals surface area contributed by atoms with Crippen molar-refractivity contribution in [1.82, 2.24) is 20.4 Å². The van der Waals surface area contributed by atoms with E-state index < -0.39 is 6.03 Å². The third-order valence-corrected chi connectivity index (χ3v) is 6.12. The van der Waals surface area contributed by atoms with Crippen LogP contribution in [0.3, 0.4) is 0 Å².